The number of hydrogen-bond donors (Lipinski definition) is 0. The summed E-state index contributed by atoms with van der Waals surface area (Å²) in [5.74, 6) is 0.546. The van der Waals surface area contributed by atoms with Crippen molar-refractivity contribution in [1.82, 2.24) is 4.90 Å². The molecule has 0 radical (unpaired) electrons. The van der Waals surface area contributed by atoms with Crippen LogP contribution in [0.2, 0.25) is 0 Å². The van der Waals surface area contributed by atoms with E-state index in [4.69, 9.17) is 4.74 Å². The largest absolute Gasteiger partial charge is 0.444 e. The maximum absolute atomic E-state index is 12.2. The Bertz CT molecular complexity index is 450. The topological polar surface area (TPSA) is 29.5 Å². The van der Waals surface area contributed by atoms with E-state index in [1.54, 1.807) is 0 Å². The Balaban J connectivity index is 1.98. The molecule has 2 atom stereocenters. The van der Waals surface area contributed by atoms with Crippen LogP contribution >= 0.6 is 0 Å². The van der Waals surface area contributed by atoms with Gasteiger partial charge in [-0.1, -0.05) is 30.3 Å². The highest BCUT2D eigenvalue weighted by atomic mass is 16.6. The van der Waals surface area contributed by atoms with E-state index in [9.17, 15) is 4.79 Å². The maximum Gasteiger partial charge on any atom is 0.410 e. The zero-order chi connectivity index (χ0) is 14.8. The van der Waals surface area contributed by atoms with E-state index in [0.29, 0.717) is 5.92 Å². The summed E-state index contributed by atoms with van der Waals surface area (Å²) in [4.78, 5) is 14.0. The molecule has 1 aromatic rings. The Morgan fingerprint density at radius 3 is 2.45 bits per heavy atom. The Morgan fingerprint density at radius 2 is 1.90 bits per heavy atom. The number of amides is 1. The molecule has 0 aromatic heterocycles. The summed E-state index contributed by atoms with van der Waals surface area (Å²) in [7, 11) is 0. The van der Waals surface area contributed by atoms with Crippen molar-refractivity contribution in [2.45, 2.75) is 58.1 Å². The van der Waals surface area contributed by atoms with Crippen LogP contribution in [0.15, 0.2) is 30.3 Å². The fourth-order valence-electron chi connectivity index (χ4n) is 2.79. The van der Waals surface area contributed by atoms with Gasteiger partial charge in [-0.15, -0.1) is 0 Å². The maximum atomic E-state index is 12.2. The number of benzene rings is 1. The standard InChI is InChI=1S/C17H25NO2/c1-13-12-15(14-8-6-5-7-9-14)10-11-18(13)16(19)20-17(2,3)4/h5-9,13,15H,10-12H2,1-4H3/t13-,15+/m0/s1. The minimum Gasteiger partial charge on any atom is -0.444 e. The third kappa shape index (κ3) is 3.75. The molecule has 1 saturated heterocycles. The Labute approximate surface area is 121 Å². The molecular formula is C17H25NO2. The number of piperidine rings is 1. The van der Waals surface area contributed by atoms with Gasteiger partial charge in [-0.3, -0.25) is 0 Å². The summed E-state index contributed by atoms with van der Waals surface area (Å²) in [6.07, 6.45) is 1.83. The number of carbonyl (C=O) groups excluding carboxylic acids is 1. The van der Waals surface area contributed by atoms with E-state index < -0.39 is 5.60 Å². The average Bonchev–Trinajstić information content (AvgIpc) is 2.37. The van der Waals surface area contributed by atoms with E-state index in [1.807, 2.05) is 31.7 Å². The molecule has 0 spiro atoms. The van der Waals surface area contributed by atoms with Gasteiger partial charge in [-0.25, -0.2) is 4.79 Å². The molecule has 3 nitrogen and oxygen atoms in total. The van der Waals surface area contributed by atoms with E-state index >= 15 is 0 Å². The van der Waals surface area contributed by atoms with Crippen LogP contribution in [0.1, 0.15) is 52.0 Å². The number of hydrogen-bond acceptors (Lipinski definition) is 2. The molecule has 1 aromatic carbocycles. The highest BCUT2D eigenvalue weighted by Crippen LogP contribution is 2.32. The molecule has 0 saturated carbocycles. The van der Waals surface area contributed by atoms with Crippen molar-refractivity contribution in [2.24, 2.45) is 0 Å². The fraction of sp³-hybridized carbons (Fsp3) is 0.588. The van der Waals surface area contributed by atoms with Gasteiger partial charge >= 0.3 is 6.09 Å². The lowest BCUT2D eigenvalue weighted by Gasteiger charge is -2.38. The molecule has 1 aliphatic heterocycles. The smallest absolute Gasteiger partial charge is 0.410 e. The van der Waals surface area contributed by atoms with Gasteiger partial charge in [0.25, 0.3) is 0 Å². The third-order valence-electron chi connectivity index (χ3n) is 3.78. The molecule has 0 aliphatic carbocycles. The molecule has 1 amide bonds. The molecular weight excluding hydrogens is 250 g/mol. The molecule has 0 N–H and O–H groups in total. The summed E-state index contributed by atoms with van der Waals surface area (Å²) >= 11 is 0. The van der Waals surface area contributed by atoms with Crippen LogP contribution in [0.3, 0.4) is 0 Å². The summed E-state index contributed by atoms with van der Waals surface area (Å²) in [5.41, 5.74) is 0.954. The van der Waals surface area contributed by atoms with Crippen LogP contribution < -0.4 is 0 Å². The Kier molecular flexibility index (Phi) is 4.36. The van der Waals surface area contributed by atoms with Crippen molar-refractivity contribution >= 4 is 6.09 Å². The predicted octanol–water partition coefficient (Wildman–Crippen LogP) is 4.19. The van der Waals surface area contributed by atoms with E-state index in [0.717, 1.165) is 19.4 Å². The summed E-state index contributed by atoms with van der Waals surface area (Å²) in [6.45, 7) is 8.61. The minimum absolute atomic E-state index is 0.184. The van der Waals surface area contributed by atoms with Crippen molar-refractivity contribution in [3.63, 3.8) is 0 Å². The van der Waals surface area contributed by atoms with Gasteiger partial charge in [0.05, 0.1) is 0 Å². The average molecular weight is 275 g/mol. The molecule has 1 aliphatic rings. The van der Waals surface area contributed by atoms with Crippen LogP contribution in [-0.2, 0) is 4.74 Å². The SMILES string of the molecule is C[C@H]1C[C@H](c2ccccc2)CCN1C(=O)OC(C)(C)C. The second-order valence-electron chi connectivity index (χ2n) is 6.65. The number of likely N-dealkylation sites (tertiary alicyclic amines) is 1. The van der Waals surface area contributed by atoms with Gasteiger partial charge in [0, 0.05) is 12.6 Å². The Hall–Kier alpha value is -1.51. The molecule has 0 unspecified atom stereocenters. The van der Waals surface area contributed by atoms with Gasteiger partial charge in [-0.05, 0) is 52.0 Å². The van der Waals surface area contributed by atoms with E-state index in [1.165, 1.54) is 5.56 Å². The molecule has 0 bridgehead atoms. The first-order valence-electron chi connectivity index (χ1n) is 7.41. The lowest BCUT2D eigenvalue weighted by molar-refractivity contribution is 0.0103. The van der Waals surface area contributed by atoms with Crippen molar-refractivity contribution in [1.29, 1.82) is 0 Å². The van der Waals surface area contributed by atoms with Crippen molar-refractivity contribution in [3.8, 4) is 0 Å². The zero-order valence-electron chi connectivity index (χ0n) is 12.9. The first-order chi connectivity index (χ1) is 9.37. The second kappa shape index (κ2) is 5.86. The number of carbonyl (C=O) groups is 1. The normalized spacial score (nSPS) is 23.5. The van der Waals surface area contributed by atoms with Crippen LogP contribution in [0, 0.1) is 0 Å². The van der Waals surface area contributed by atoms with Crippen LogP contribution in [-0.4, -0.2) is 29.2 Å². The van der Waals surface area contributed by atoms with Gasteiger partial charge < -0.3 is 9.64 Å². The molecule has 1 fully saturated rings. The molecule has 3 heteroatoms. The third-order valence-corrected chi connectivity index (χ3v) is 3.78. The molecule has 1 heterocycles. The van der Waals surface area contributed by atoms with Crippen LogP contribution in [0.25, 0.3) is 0 Å². The van der Waals surface area contributed by atoms with Crippen molar-refractivity contribution < 1.29 is 9.53 Å². The van der Waals surface area contributed by atoms with Gasteiger partial charge in [-0.2, -0.15) is 0 Å². The van der Waals surface area contributed by atoms with E-state index in [-0.39, 0.29) is 12.1 Å². The zero-order valence-corrected chi connectivity index (χ0v) is 12.9. The highest BCUT2D eigenvalue weighted by Gasteiger charge is 2.32. The number of ether oxygens (including phenoxy) is 1. The molecule has 2 rings (SSSR count). The first-order valence-corrected chi connectivity index (χ1v) is 7.41. The Morgan fingerprint density at radius 1 is 1.25 bits per heavy atom. The first kappa shape index (κ1) is 14.9. The van der Waals surface area contributed by atoms with Crippen LogP contribution in [0.5, 0.6) is 0 Å². The quantitative estimate of drug-likeness (QED) is 0.769. The van der Waals surface area contributed by atoms with Gasteiger partial charge in [0.15, 0.2) is 0 Å². The number of nitrogens with zero attached hydrogens (tertiary/aromatic N) is 1. The molecule has 20 heavy (non-hydrogen) atoms. The summed E-state index contributed by atoms with van der Waals surface area (Å²) in [5, 5.41) is 0. The van der Waals surface area contributed by atoms with Crippen molar-refractivity contribution in [2.75, 3.05) is 6.54 Å². The lowest BCUT2D eigenvalue weighted by Crippen LogP contribution is -2.46. The fourth-order valence-corrected chi connectivity index (χ4v) is 2.79. The number of rotatable bonds is 1. The summed E-state index contributed by atoms with van der Waals surface area (Å²) < 4.78 is 5.48. The van der Waals surface area contributed by atoms with Crippen LogP contribution in [0.4, 0.5) is 4.79 Å². The second-order valence-corrected chi connectivity index (χ2v) is 6.65. The monoisotopic (exact) mass is 275 g/mol. The highest BCUT2D eigenvalue weighted by molar-refractivity contribution is 5.68. The van der Waals surface area contributed by atoms with Gasteiger partial charge in [0.2, 0.25) is 0 Å². The lowest BCUT2D eigenvalue weighted by atomic mass is 9.86. The molecule has 110 valence electrons. The van der Waals surface area contributed by atoms with E-state index in [2.05, 4.69) is 31.2 Å². The predicted molar refractivity (Wildman–Crippen MR) is 80.8 cm³/mol. The van der Waals surface area contributed by atoms with Gasteiger partial charge in [0.1, 0.15) is 5.60 Å². The minimum atomic E-state index is -0.424. The van der Waals surface area contributed by atoms with Crippen molar-refractivity contribution in [3.05, 3.63) is 35.9 Å². The summed E-state index contributed by atoms with van der Waals surface area (Å²) in [6, 6.07) is 10.8.